The third-order valence-electron chi connectivity index (χ3n) is 6.65. The molecule has 3 aromatic rings. The Morgan fingerprint density at radius 1 is 0.806 bits per heavy atom. The molecule has 0 bridgehead atoms. The van der Waals surface area contributed by atoms with Gasteiger partial charge in [-0.2, -0.15) is 0 Å². The number of benzene rings is 3. The van der Waals surface area contributed by atoms with E-state index in [1.807, 2.05) is 6.07 Å². The van der Waals surface area contributed by atoms with E-state index in [9.17, 15) is 9.90 Å². The fourth-order valence-electron chi connectivity index (χ4n) is 4.57. The molecule has 1 unspecified atom stereocenters. The third kappa shape index (κ3) is 7.96. The second-order valence-electron chi connectivity index (χ2n) is 9.52. The first-order chi connectivity index (χ1) is 17.5. The summed E-state index contributed by atoms with van der Waals surface area (Å²) in [5.74, 6) is -0.272. The van der Waals surface area contributed by atoms with E-state index in [2.05, 4.69) is 72.2 Å². The Labute approximate surface area is 225 Å². The van der Waals surface area contributed by atoms with E-state index in [0.29, 0.717) is 5.75 Å². The van der Waals surface area contributed by atoms with Crippen molar-refractivity contribution < 1.29 is 14.6 Å². The van der Waals surface area contributed by atoms with Crippen molar-refractivity contribution in [3.8, 4) is 16.9 Å². The van der Waals surface area contributed by atoms with Crippen LogP contribution in [0.3, 0.4) is 0 Å². The van der Waals surface area contributed by atoms with Gasteiger partial charge in [-0.1, -0.05) is 94.8 Å². The highest BCUT2D eigenvalue weighted by Gasteiger charge is 2.33. The Morgan fingerprint density at radius 2 is 1.47 bits per heavy atom. The summed E-state index contributed by atoms with van der Waals surface area (Å²) in [6.45, 7) is 4.46. The van der Waals surface area contributed by atoms with Gasteiger partial charge in [-0.3, -0.25) is 0 Å². The maximum atomic E-state index is 11.3. The van der Waals surface area contributed by atoms with Crippen LogP contribution in [-0.4, -0.2) is 11.1 Å². The highest BCUT2D eigenvalue weighted by Crippen LogP contribution is 2.43. The van der Waals surface area contributed by atoms with Crippen LogP contribution in [0.5, 0.6) is 5.75 Å². The van der Waals surface area contributed by atoms with Gasteiger partial charge in [-0.15, -0.1) is 0 Å². The summed E-state index contributed by atoms with van der Waals surface area (Å²) >= 11 is 4.08. The zero-order valence-electron chi connectivity index (χ0n) is 21.6. The highest BCUT2D eigenvalue weighted by molar-refractivity contribution is 9.09. The van der Waals surface area contributed by atoms with E-state index in [1.165, 1.54) is 48.8 Å². The van der Waals surface area contributed by atoms with E-state index in [1.54, 1.807) is 24.3 Å². The van der Waals surface area contributed by atoms with E-state index < -0.39 is 10.5 Å². The number of alkyl halides is 1. The Balaban J connectivity index is 2.00. The smallest absolute Gasteiger partial charge is 0.335 e. The minimum atomic E-state index is -0.934. The SMILES string of the molecule is CCCCCCCC(Br)(Oc1ccc(C(=O)O)cc1)c1cc(-c2ccccc2)ccc1CCCCC. The number of halogens is 1. The fourth-order valence-corrected chi connectivity index (χ4v) is 5.40. The van der Waals surface area contributed by atoms with Crippen LogP contribution in [0, 0.1) is 0 Å². The number of rotatable bonds is 15. The van der Waals surface area contributed by atoms with Crippen LogP contribution in [0.25, 0.3) is 11.1 Å². The lowest BCUT2D eigenvalue weighted by Gasteiger charge is -2.32. The van der Waals surface area contributed by atoms with Crippen molar-refractivity contribution in [3.05, 3.63) is 89.5 Å². The van der Waals surface area contributed by atoms with Gasteiger partial charge in [0.05, 0.1) is 5.56 Å². The molecule has 192 valence electrons. The van der Waals surface area contributed by atoms with Gasteiger partial charge in [0.25, 0.3) is 0 Å². The van der Waals surface area contributed by atoms with Gasteiger partial charge in [-0.25, -0.2) is 4.79 Å². The molecular weight excluding hydrogens is 512 g/mol. The number of hydrogen-bond acceptors (Lipinski definition) is 2. The summed E-state index contributed by atoms with van der Waals surface area (Å²) in [7, 11) is 0. The largest absolute Gasteiger partial charge is 0.478 e. The minimum absolute atomic E-state index is 0.258. The number of carbonyl (C=O) groups is 1. The maximum absolute atomic E-state index is 11.3. The predicted octanol–water partition coefficient (Wildman–Crippen LogP) is 9.77. The molecule has 0 radical (unpaired) electrons. The molecule has 3 rings (SSSR count). The summed E-state index contributed by atoms with van der Waals surface area (Å²) in [6, 6.07) is 23.9. The molecule has 0 fully saturated rings. The first-order valence-electron chi connectivity index (χ1n) is 13.4. The number of ether oxygens (including phenoxy) is 1. The van der Waals surface area contributed by atoms with Gasteiger partial charge in [0.2, 0.25) is 0 Å². The van der Waals surface area contributed by atoms with Gasteiger partial charge in [0, 0.05) is 12.0 Å². The monoisotopic (exact) mass is 550 g/mol. The van der Waals surface area contributed by atoms with Crippen LogP contribution in [-0.2, 0) is 10.9 Å². The number of unbranched alkanes of at least 4 members (excludes halogenated alkanes) is 6. The van der Waals surface area contributed by atoms with Crippen molar-refractivity contribution in [3.63, 3.8) is 0 Å². The van der Waals surface area contributed by atoms with Crippen LogP contribution in [0.15, 0.2) is 72.8 Å². The molecular formula is C32H39BrO3. The summed E-state index contributed by atoms with van der Waals surface area (Å²) in [4.78, 5) is 11.3. The van der Waals surface area contributed by atoms with Crippen LogP contribution >= 0.6 is 15.9 Å². The van der Waals surface area contributed by atoms with Crippen molar-refractivity contribution in [1.82, 2.24) is 0 Å². The molecule has 0 saturated heterocycles. The zero-order chi connectivity index (χ0) is 25.8. The van der Waals surface area contributed by atoms with Gasteiger partial charge in [0.15, 0.2) is 4.51 Å². The van der Waals surface area contributed by atoms with Crippen molar-refractivity contribution in [2.45, 2.75) is 82.6 Å². The topological polar surface area (TPSA) is 46.5 Å². The molecule has 36 heavy (non-hydrogen) atoms. The predicted molar refractivity (Wildman–Crippen MR) is 153 cm³/mol. The molecule has 0 aliphatic heterocycles. The number of carboxylic acids is 1. The highest BCUT2D eigenvalue weighted by atomic mass is 79.9. The van der Waals surface area contributed by atoms with Crippen LogP contribution in [0.4, 0.5) is 0 Å². The third-order valence-corrected chi connectivity index (χ3v) is 7.64. The number of aryl methyl sites for hydroxylation is 1. The first-order valence-corrected chi connectivity index (χ1v) is 14.2. The van der Waals surface area contributed by atoms with Gasteiger partial charge in [0.1, 0.15) is 5.75 Å². The lowest BCUT2D eigenvalue weighted by Crippen LogP contribution is -2.28. The summed E-state index contributed by atoms with van der Waals surface area (Å²) in [6.07, 6.45) is 11.2. The molecule has 1 atom stereocenters. The second-order valence-corrected chi connectivity index (χ2v) is 10.8. The van der Waals surface area contributed by atoms with E-state index >= 15 is 0 Å². The zero-order valence-corrected chi connectivity index (χ0v) is 23.2. The molecule has 0 aliphatic rings. The van der Waals surface area contributed by atoms with Crippen molar-refractivity contribution in [2.75, 3.05) is 0 Å². The Morgan fingerprint density at radius 3 is 2.14 bits per heavy atom. The Hall–Kier alpha value is -2.59. The fraction of sp³-hybridized carbons (Fsp3) is 0.406. The van der Waals surface area contributed by atoms with Crippen LogP contribution in [0.2, 0.25) is 0 Å². The Kier molecular flexibility index (Phi) is 11.1. The summed E-state index contributed by atoms with van der Waals surface area (Å²) in [5, 5.41) is 9.30. The second kappa shape index (κ2) is 14.2. The Bertz CT molecular complexity index is 1080. The van der Waals surface area contributed by atoms with Gasteiger partial charge in [-0.05, 0) is 82.2 Å². The lowest BCUT2D eigenvalue weighted by atomic mass is 9.91. The standard InChI is InChI=1S/C32H39BrO3/c1-3-5-7-8-13-23-32(33,36-29-21-19-27(20-22-29)31(34)35)30-24-28(25-14-11-9-12-15-25)18-17-26(30)16-10-6-4-2/h9,11-12,14-15,17-22,24H,3-8,10,13,16,23H2,1-2H3,(H,34,35). The molecule has 0 heterocycles. The molecule has 0 amide bonds. The average Bonchev–Trinajstić information content (AvgIpc) is 2.89. The molecule has 1 N–H and O–H groups in total. The van der Waals surface area contributed by atoms with Crippen LogP contribution < -0.4 is 4.74 Å². The number of aromatic carboxylic acids is 1. The van der Waals surface area contributed by atoms with E-state index in [0.717, 1.165) is 37.7 Å². The molecule has 0 saturated carbocycles. The number of hydrogen-bond donors (Lipinski definition) is 1. The number of carboxylic acid groups (broad SMARTS) is 1. The average molecular weight is 552 g/mol. The van der Waals surface area contributed by atoms with Crippen molar-refractivity contribution in [1.29, 1.82) is 0 Å². The molecule has 0 aliphatic carbocycles. The van der Waals surface area contributed by atoms with Crippen molar-refractivity contribution >= 4 is 21.9 Å². The van der Waals surface area contributed by atoms with Crippen molar-refractivity contribution in [2.24, 2.45) is 0 Å². The maximum Gasteiger partial charge on any atom is 0.335 e. The van der Waals surface area contributed by atoms with E-state index in [-0.39, 0.29) is 5.56 Å². The molecule has 4 heteroatoms. The molecule has 0 aromatic heterocycles. The van der Waals surface area contributed by atoms with E-state index in [4.69, 9.17) is 4.74 Å². The summed E-state index contributed by atoms with van der Waals surface area (Å²) < 4.78 is 5.99. The normalized spacial score (nSPS) is 12.8. The van der Waals surface area contributed by atoms with Gasteiger partial charge < -0.3 is 9.84 Å². The summed E-state index contributed by atoms with van der Waals surface area (Å²) in [5.41, 5.74) is 5.08. The quantitative estimate of drug-likeness (QED) is 0.151. The van der Waals surface area contributed by atoms with Crippen LogP contribution in [0.1, 0.15) is 93.1 Å². The first kappa shape index (κ1) is 28.0. The molecule has 3 aromatic carbocycles. The minimum Gasteiger partial charge on any atom is -0.478 e. The van der Waals surface area contributed by atoms with Gasteiger partial charge >= 0.3 is 5.97 Å². The lowest BCUT2D eigenvalue weighted by molar-refractivity contribution is 0.0696. The molecule has 0 spiro atoms. The molecule has 3 nitrogen and oxygen atoms in total.